The van der Waals surface area contributed by atoms with E-state index in [0.29, 0.717) is 24.3 Å². The van der Waals surface area contributed by atoms with E-state index in [0.717, 1.165) is 6.54 Å². The summed E-state index contributed by atoms with van der Waals surface area (Å²) in [5.41, 5.74) is -0.0136. The maximum absolute atomic E-state index is 10.7. The quantitative estimate of drug-likeness (QED) is 0.821. The molecule has 94 valence electrons. The van der Waals surface area contributed by atoms with Crippen LogP contribution in [0.1, 0.15) is 42.9 Å². The molecule has 1 saturated carbocycles. The Bertz CT molecular complexity index is 396. The van der Waals surface area contributed by atoms with E-state index in [1.165, 1.54) is 18.9 Å². The molecule has 5 nitrogen and oxygen atoms in total. The van der Waals surface area contributed by atoms with Gasteiger partial charge in [-0.2, -0.15) is 0 Å². The van der Waals surface area contributed by atoms with E-state index in [1.807, 2.05) is 0 Å². The van der Waals surface area contributed by atoms with Crippen molar-refractivity contribution in [3.8, 4) is 0 Å². The summed E-state index contributed by atoms with van der Waals surface area (Å²) < 4.78 is 5.04. The first-order valence-electron chi connectivity index (χ1n) is 5.99. The molecule has 17 heavy (non-hydrogen) atoms. The minimum atomic E-state index is -1.04. The van der Waals surface area contributed by atoms with E-state index < -0.39 is 5.97 Å². The summed E-state index contributed by atoms with van der Waals surface area (Å²) >= 11 is 0. The van der Waals surface area contributed by atoms with Gasteiger partial charge in [-0.1, -0.05) is 19.0 Å². The Morgan fingerprint density at radius 3 is 2.82 bits per heavy atom. The normalized spacial score (nSPS) is 15.8. The van der Waals surface area contributed by atoms with Gasteiger partial charge in [0, 0.05) is 18.7 Å². The average Bonchev–Trinajstić information content (AvgIpc) is 2.97. The van der Waals surface area contributed by atoms with E-state index in [9.17, 15) is 4.79 Å². The predicted octanol–water partition coefficient (Wildman–Crippen LogP) is 1.99. The SMILES string of the molecule is CC(C)CN(Cc1cc(C(=O)O)no1)C1CC1. The molecule has 1 aromatic rings. The molecule has 0 aliphatic heterocycles. The number of hydrogen-bond donors (Lipinski definition) is 1. The Balaban J connectivity index is 1.98. The number of hydrogen-bond acceptors (Lipinski definition) is 4. The number of aromatic carboxylic acids is 1. The van der Waals surface area contributed by atoms with Crippen LogP contribution in [-0.2, 0) is 6.54 Å². The molecule has 1 aliphatic carbocycles. The van der Waals surface area contributed by atoms with Crippen LogP contribution in [0, 0.1) is 5.92 Å². The van der Waals surface area contributed by atoms with Crippen LogP contribution in [-0.4, -0.2) is 33.7 Å². The summed E-state index contributed by atoms with van der Waals surface area (Å²) in [6, 6.07) is 2.15. The third kappa shape index (κ3) is 3.30. The number of carboxylic acid groups (broad SMARTS) is 1. The first kappa shape index (κ1) is 12.1. The summed E-state index contributed by atoms with van der Waals surface area (Å²) in [7, 11) is 0. The van der Waals surface area contributed by atoms with Gasteiger partial charge in [0.2, 0.25) is 0 Å². The Kier molecular flexibility index (Phi) is 3.47. The molecule has 0 unspecified atom stereocenters. The van der Waals surface area contributed by atoms with Crippen molar-refractivity contribution >= 4 is 5.97 Å². The van der Waals surface area contributed by atoms with Crippen molar-refractivity contribution in [2.45, 2.75) is 39.3 Å². The lowest BCUT2D eigenvalue weighted by molar-refractivity contribution is 0.0685. The maximum atomic E-state index is 10.7. The van der Waals surface area contributed by atoms with Gasteiger partial charge in [-0.15, -0.1) is 0 Å². The van der Waals surface area contributed by atoms with Crippen molar-refractivity contribution in [3.63, 3.8) is 0 Å². The molecular formula is C12H18N2O3. The number of nitrogens with zero attached hydrogens (tertiary/aromatic N) is 2. The summed E-state index contributed by atoms with van der Waals surface area (Å²) in [5, 5.41) is 12.3. The molecule has 1 N–H and O–H groups in total. The molecule has 1 heterocycles. The Labute approximate surface area is 100 Å². The van der Waals surface area contributed by atoms with Crippen LogP contribution in [0.15, 0.2) is 10.6 Å². The number of rotatable bonds is 6. The third-order valence-corrected chi connectivity index (χ3v) is 2.80. The second-order valence-electron chi connectivity index (χ2n) is 5.04. The molecular weight excluding hydrogens is 220 g/mol. The van der Waals surface area contributed by atoms with E-state index in [-0.39, 0.29) is 5.69 Å². The fourth-order valence-corrected chi connectivity index (χ4v) is 1.94. The van der Waals surface area contributed by atoms with Crippen LogP contribution in [0.25, 0.3) is 0 Å². The van der Waals surface area contributed by atoms with Gasteiger partial charge >= 0.3 is 5.97 Å². The second kappa shape index (κ2) is 4.87. The van der Waals surface area contributed by atoms with Crippen LogP contribution < -0.4 is 0 Å². The van der Waals surface area contributed by atoms with Crippen molar-refractivity contribution in [3.05, 3.63) is 17.5 Å². The monoisotopic (exact) mass is 238 g/mol. The smallest absolute Gasteiger partial charge is 0.358 e. The lowest BCUT2D eigenvalue weighted by atomic mass is 10.2. The van der Waals surface area contributed by atoms with Gasteiger partial charge in [0.05, 0.1) is 6.54 Å². The standard InChI is InChI=1S/C12H18N2O3/c1-8(2)6-14(9-3-4-9)7-10-5-11(12(15)16)13-17-10/h5,8-9H,3-4,6-7H2,1-2H3,(H,15,16). The number of aromatic nitrogens is 1. The van der Waals surface area contributed by atoms with E-state index in [4.69, 9.17) is 9.63 Å². The van der Waals surface area contributed by atoms with Gasteiger partial charge in [0.25, 0.3) is 0 Å². The lowest BCUT2D eigenvalue weighted by Crippen LogP contribution is -2.29. The molecule has 1 aliphatic rings. The highest BCUT2D eigenvalue weighted by Gasteiger charge is 2.30. The van der Waals surface area contributed by atoms with Crippen LogP contribution >= 0.6 is 0 Å². The van der Waals surface area contributed by atoms with Gasteiger partial charge in [-0.05, 0) is 18.8 Å². The summed E-state index contributed by atoms with van der Waals surface area (Å²) in [6.07, 6.45) is 2.46. The second-order valence-corrected chi connectivity index (χ2v) is 5.04. The molecule has 2 rings (SSSR count). The molecule has 0 amide bonds. The van der Waals surface area contributed by atoms with Crippen LogP contribution in [0.2, 0.25) is 0 Å². The summed E-state index contributed by atoms with van der Waals surface area (Å²) in [6.45, 7) is 6.02. The fraction of sp³-hybridized carbons (Fsp3) is 0.667. The van der Waals surface area contributed by atoms with Crippen molar-refractivity contribution in [2.24, 2.45) is 5.92 Å². The van der Waals surface area contributed by atoms with Crippen molar-refractivity contribution < 1.29 is 14.4 Å². The minimum absolute atomic E-state index is 0.0136. The lowest BCUT2D eigenvalue weighted by Gasteiger charge is -2.22. The maximum Gasteiger partial charge on any atom is 0.358 e. The first-order chi connectivity index (χ1) is 8.06. The van der Waals surface area contributed by atoms with Crippen molar-refractivity contribution in [1.29, 1.82) is 0 Å². The molecule has 1 fully saturated rings. The molecule has 5 heteroatoms. The van der Waals surface area contributed by atoms with Gasteiger partial charge in [0.15, 0.2) is 11.5 Å². The molecule has 0 atom stereocenters. The minimum Gasteiger partial charge on any atom is -0.476 e. The molecule has 1 aromatic heterocycles. The third-order valence-electron chi connectivity index (χ3n) is 2.80. The van der Waals surface area contributed by atoms with Crippen LogP contribution in [0.3, 0.4) is 0 Å². The fourth-order valence-electron chi connectivity index (χ4n) is 1.94. The zero-order valence-corrected chi connectivity index (χ0v) is 10.2. The zero-order valence-electron chi connectivity index (χ0n) is 10.2. The van der Waals surface area contributed by atoms with E-state index in [1.54, 1.807) is 0 Å². The molecule has 0 aromatic carbocycles. The molecule has 0 saturated heterocycles. The number of carbonyl (C=O) groups is 1. The number of carboxylic acids is 1. The summed E-state index contributed by atoms with van der Waals surface area (Å²) in [4.78, 5) is 13.0. The largest absolute Gasteiger partial charge is 0.476 e. The van der Waals surface area contributed by atoms with Crippen molar-refractivity contribution in [1.82, 2.24) is 10.1 Å². The Morgan fingerprint density at radius 1 is 1.65 bits per heavy atom. The highest BCUT2D eigenvalue weighted by Crippen LogP contribution is 2.29. The highest BCUT2D eigenvalue weighted by atomic mass is 16.5. The molecule has 0 bridgehead atoms. The molecule has 0 spiro atoms. The van der Waals surface area contributed by atoms with E-state index in [2.05, 4.69) is 23.9 Å². The van der Waals surface area contributed by atoms with Gasteiger partial charge in [-0.3, -0.25) is 4.90 Å². The first-order valence-corrected chi connectivity index (χ1v) is 5.99. The highest BCUT2D eigenvalue weighted by molar-refractivity contribution is 5.85. The Hall–Kier alpha value is -1.36. The topological polar surface area (TPSA) is 66.6 Å². The van der Waals surface area contributed by atoms with E-state index >= 15 is 0 Å². The summed E-state index contributed by atoms with van der Waals surface area (Å²) in [5.74, 6) is 0.189. The van der Waals surface area contributed by atoms with Gasteiger partial charge < -0.3 is 9.63 Å². The van der Waals surface area contributed by atoms with Gasteiger partial charge in [-0.25, -0.2) is 4.79 Å². The van der Waals surface area contributed by atoms with Crippen LogP contribution in [0.4, 0.5) is 0 Å². The predicted molar refractivity (Wildman–Crippen MR) is 61.7 cm³/mol. The zero-order chi connectivity index (χ0) is 12.4. The molecule has 0 radical (unpaired) electrons. The average molecular weight is 238 g/mol. The van der Waals surface area contributed by atoms with Crippen LogP contribution in [0.5, 0.6) is 0 Å². The van der Waals surface area contributed by atoms with Crippen molar-refractivity contribution in [2.75, 3.05) is 6.54 Å². The Morgan fingerprint density at radius 2 is 2.35 bits per heavy atom. The van der Waals surface area contributed by atoms with Gasteiger partial charge in [0.1, 0.15) is 0 Å².